The lowest BCUT2D eigenvalue weighted by Gasteiger charge is -2.18. The van der Waals surface area contributed by atoms with Crippen molar-refractivity contribution in [3.05, 3.63) is 5.82 Å². The molecule has 15 heavy (non-hydrogen) atoms. The van der Waals surface area contributed by atoms with Gasteiger partial charge >= 0.3 is 0 Å². The Morgan fingerprint density at radius 1 is 1.40 bits per heavy atom. The van der Waals surface area contributed by atoms with Crippen LogP contribution in [-0.2, 0) is 7.05 Å². The van der Waals surface area contributed by atoms with Gasteiger partial charge in [0.05, 0.1) is 0 Å². The number of rotatable bonds is 2. The van der Waals surface area contributed by atoms with E-state index in [9.17, 15) is 0 Å². The number of nitrogens with one attached hydrogen (secondary N) is 2. The van der Waals surface area contributed by atoms with Crippen LogP contribution in [-0.4, -0.2) is 33.9 Å². The number of fused-ring (bicyclic) bond motifs is 2. The maximum Gasteiger partial charge on any atom is 0.224 e. The van der Waals surface area contributed by atoms with Crippen LogP contribution in [0, 0.1) is 0 Å². The summed E-state index contributed by atoms with van der Waals surface area (Å²) in [5.74, 6) is 2.54. The normalized spacial score (nSPS) is 33.6. The molecule has 3 rings (SSSR count). The standard InChI is InChI=1S/C10H17N5/c1-11-10-14-13-9(15(10)2)7-5-6-3-4-8(7)12-6/h6-8,12H,3-5H2,1-2H3,(H,11,14). The number of aromatic nitrogens is 3. The molecule has 0 radical (unpaired) electrons. The summed E-state index contributed by atoms with van der Waals surface area (Å²) >= 11 is 0. The van der Waals surface area contributed by atoms with Gasteiger partial charge in [0.2, 0.25) is 5.95 Å². The second-order valence-corrected chi connectivity index (χ2v) is 4.58. The van der Waals surface area contributed by atoms with E-state index in [0.717, 1.165) is 17.8 Å². The van der Waals surface area contributed by atoms with Gasteiger partial charge in [-0.05, 0) is 19.3 Å². The highest BCUT2D eigenvalue weighted by molar-refractivity contribution is 5.26. The fourth-order valence-corrected chi connectivity index (χ4v) is 2.99. The number of hydrogen-bond acceptors (Lipinski definition) is 4. The van der Waals surface area contributed by atoms with Crippen molar-refractivity contribution in [1.82, 2.24) is 20.1 Å². The van der Waals surface area contributed by atoms with Gasteiger partial charge in [0.1, 0.15) is 5.82 Å². The molecule has 5 nitrogen and oxygen atoms in total. The van der Waals surface area contributed by atoms with Crippen LogP contribution in [0.2, 0.25) is 0 Å². The Balaban J connectivity index is 1.90. The molecule has 0 saturated carbocycles. The third-order valence-electron chi connectivity index (χ3n) is 3.76. The molecule has 0 aliphatic carbocycles. The minimum atomic E-state index is 0.559. The lowest BCUT2D eigenvalue weighted by Crippen LogP contribution is -2.23. The van der Waals surface area contributed by atoms with E-state index in [1.54, 1.807) is 0 Å². The molecule has 2 fully saturated rings. The first kappa shape index (κ1) is 9.15. The molecule has 3 unspecified atom stereocenters. The maximum atomic E-state index is 4.30. The SMILES string of the molecule is CNc1nnc(C2CC3CCC2N3)n1C. The quantitative estimate of drug-likeness (QED) is 0.740. The van der Waals surface area contributed by atoms with E-state index in [4.69, 9.17) is 0 Å². The minimum absolute atomic E-state index is 0.559. The van der Waals surface area contributed by atoms with Gasteiger partial charge in [-0.15, -0.1) is 10.2 Å². The van der Waals surface area contributed by atoms with Gasteiger partial charge in [0, 0.05) is 32.1 Å². The second-order valence-electron chi connectivity index (χ2n) is 4.58. The second kappa shape index (κ2) is 3.20. The summed E-state index contributed by atoms with van der Waals surface area (Å²) in [5, 5.41) is 15.1. The summed E-state index contributed by atoms with van der Waals surface area (Å²) in [4.78, 5) is 0. The fourth-order valence-electron chi connectivity index (χ4n) is 2.99. The molecule has 2 bridgehead atoms. The molecule has 82 valence electrons. The van der Waals surface area contributed by atoms with Gasteiger partial charge in [0.25, 0.3) is 0 Å². The zero-order valence-corrected chi connectivity index (χ0v) is 9.20. The van der Waals surface area contributed by atoms with Crippen LogP contribution < -0.4 is 10.6 Å². The molecule has 0 spiro atoms. The Kier molecular flexibility index (Phi) is 1.95. The van der Waals surface area contributed by atoms with Crippen molar-refractivity contribution in [1.29, 1.82) is 0 Å². The highest BCUT2D eigenvalue weighted by Crippen LogP contribution is 2.39. The third-order valence-corrected chi connectivity index (χ3v) is 3.76. The monoisotopic (exact) mass is 207 g/mol. The van der Waals surface area contributed by atoms with Crippen molar-refractivity contribution in [3.63, 3.8) is 0 Å². The zero-order valence-electron chi connectivity index (χ0n) is 9.20. The van der Waals surface area contributed by atoms with Crippen molar-refractivity contribution < 1.29 is 0 Å². The Bertz CT molecular complexity index is 372. The van der Waals surface area contributed by atoms with Crippen molar-refractivity contribution in [3.8, 4) is 0 Å². The van der Waals surface area contributed by atoms with Crippen LogP contribution in [0.4, 0.5) is 5.95 Å². The van der Waals surface area contributed by atoms with E-state index < -0.39 is 0 Å². The first-order chi connectivity index (χ1) is 7.29. The topological polar surface area (TPSA) is 54.8 Å². The van der Waals surface area contributed by atoms with Crippen molar-refractivity contribution in [2.45, 2.75) is 37.3 Å². The van der Waals surface area contributed by atoms with Crippen LogP contribution in [0.5, 0.6) is 0 Å². The van der Waals surface area contributed by atoms with Gasteiger partial charge in [0.15, 0.2) is 0 Å². The largest absolute Gasteiger partial charge is 0.357 e. The van der Waals surface area contributed by atoms with E-state index in [0.29, 0.717) is 12.0 Å². The molecular formula is C10H17N5. The minimum Gasteiger partial charge on any atom is -0.357 e. The zero-order chi connectivity index (χ0) is 10.4. The molecule has 1 aromatic heterocycles. The van der Waals surface area contributed by atoms with Crippen LogP contribution in [0.25, 0.3) is 0 Å². The number of hydrogen-bond donors (Lipinski definition) is 2. The molecule has 3 heterocycles. The van der Waals surface area contributed by atoms with Gasteiger partial charge < -0.3 is 15.2 Å². The molecule has 1 aromatic rings. The van der Waals surface area contributed by atoms with Crippen molar-refractivity contribution in [2.75, 3.05) is 12.4 Å². The van der Waals surface area contributed by atoms with E-state index in [1.807, 2.05) is 14.1 Å². The summed E-state index contributed by atoms with van der Waals surface area (Å²) in [6.07, 6.45) is 3.84. The van der Waals surface area contributed by atoms with E-state index in [2.05, 4.69) is 25.4 Å². The maximum absolute atomic E-state index is 4.30. The molecule has 0 aromatic carbocycles. The van der Waals surface area contributed by atoms with Gasteiger partial charge in [-0.2, -0.15) is 0 Å². The predicted octanol–water partition coefficient (Wildman–Crippen LogP) is 0.465. The van der Waals surface area contributed by atoms with Crippen molar-refractivity contribution >= 4 is 5.95 Å². The van der Waals surface area contributed by atoms with Crippen LogP contribution in [0.1, 0.15) is 31.0 Å². The average molecular weight is 207 g/mol. The number of nitrogens with zero attached hydrogens (tertiary/aromatic N) is 3. The van der Waals surface area contributed by atoms with Crippen LogP contribution >= 0.6 is 0 Å². The Labute approximate surface area is 89.3 Å². The smallest absolute Gasteiger partial charge is 0.224 e. The molecule has 2 saturated heterocycles. The molecule has 3 atom stereocenters. The molecular weight excluding hydrogens is 190 g/mol. The van der Waals surface area contributed by atoms with E-state index in [1.165, 1.54) is 19.3 Å². The van der Waals surface area contributed by atoms with Gasteiger partial charge in [-0.25, -0.2) is 0 Å². The van der Waals surface area contributed by atoms with Gasteiger partial charge in [-0.3, -0.25) is 0 Å². The summed E-state index contributed by atoms with van der Waals surface area (Å²) < 4.78 is 2.08. The fraction of sp³-hybridized carbons (Fsp3) is 0.800. The highest BCUT2D eigenvalue weighted by atomic mass is 15.3. The Morgan fingerprint density at radius 3 is 2.80 bits per heavy atom. The van der Waals surface area contributed by atoms with Crippen LogP contribution in [0.3, 0.4) is 0 Å². The van der Waals surface area contributed by atoms with Gasteiger partial charge in [-0.1, -0.05) is 0 Å². The predicted molar refractivity (Wildman–Crippen MR) is 57.9 cm³/mol. The van der Waals surface area contributed by atoms with E-state index >= 15 is 0 Å². The number of anilines is 1. The first-order valence-corrected chi connectivity index (χ1v) is 5.62. The molecule has 5 heteroatoms. The molecule has 0 amide bonds. The average Bonchev–Trinajstić information content (AvgIpc) is 2.91. The summed E-state index contributed by atoms with van der Waals surface area (Å²) in [7, 11) is 3.92. The molecule has 2 aliphatic rings. The summed E-state index contributed by atoms with van der Waals surface area (Å²) in [6.45, 7) is 0. The third kappa shape index (κ3) is 1.26. The van der Waals surface area contributed by atoms with Crippen molar-refractivity contribution in [2.24, 2.45) is 7.05 Å². The first-order valence-electron chi connectivity index (χ1n) is 5.62. The molecule has 2 N–H and O–H groups in total. The Morgan fingerprint density at radius 2 is 2.27 bits per heavy atom. The summed E-state index contributed by atoms with van der Waals surface area (Å²) in [6, 6.07) is 1.34. The van der Waals surface area contributed by atoms with E-state index in [-0.39, 0.29) is 0 Å². The Hall–Kier alpha value is -1.10. The summed E-state index contributed by atoms with van der Waals surface area (Å²) in [5.41, 5.74) is 0. The molecule has 2 aliphatic heterocycles. The lowest BCUT2D eigenvalue weighted by atomic mass is 9.88. The lowest BCUT2D eigenvalue weighted by molar-refractivity contribution is 0.475. The van der Waals surface area contributed by atoms with Crippen LogP contribution in [0.15, 0.2) is 0 Å². The highest BCUT2D eigenvalue weighted by Gasteiger charge is 2.41.